The van der Waals surface area contributed by atoms with Crippen LogP contribution in [0.1, 0.15) is 76.8 Å². The fourth-order valence-electron chi connectivity index (χ4n) is 6.18. The van der Waals surface area contributed by atoms with Gasteiger partial charge in [-0.1, -0.05) is 38.1 Å². The molecule has 1 fully saturated rings. The van der Waals surface area contributed by atoms with E-state index in [9.17, 15) is 28.8 Å². The van der Waals surface area contributed by atoms with Gasteiger partial charge < -0.3 is 36.3 Å². The van der Waals surface area contributed by atoms with Gasteiger partial charge in [0.25, 0.3) is 5.91 Å². The lowest BCUT2D eigenvalue weighted by Gasteiger charge is -2.30. The number of nitrogens with one attached hydrogen (secondary N) is 5. The number of hydrazine groups is 1. The Hall–Kier alpha value is -4.80. The minimum absolute atomic E-state index is 0.0487. The molecule has 1 aliphatic heterocycles. The second kappa shape index (κ2) is 17.6. The van der Waals surface area contributed by atoms with E-state index in [1.165, 1.54) is 16.2 Å². The van der Waals surface area contributed by atoms with Crippen LogP contribution in [0.25, 0.3) is 10.9 Å². The van der Waals surface area contributed by atoms with Gasteiger partial charge in [0.2, 0.25) is 23.6 Å². The molecule has 16 heteroatoms. The fourth-order valence-corrected chi connectivity index (χ4v) is 6.95. The number of benzene rings is 1. The highest BCUT2D eigenvalue weighted by molar-refractivity contribution is 7.10. The molecule has 1 saturated heterocycles. The first-order valence-electron chi connectivity index (χ1n) is 17.4. The maximum absolute atomic E-state index is 14.2. The van der Waals surface area contributed by atoms with Crippen LogP contribution in [-0.4, -0.2) is 81.7 Å². The minimum atomic E-state index is -1.38. The molecule has 0 spiro atoms. The van der Waals surface area contributed by atoms with Crippen molar-refractivity contribution >= 4 is 57.7 Å². The van der Waals surface area contributed by atoms with Crippen molar-refractivity contribution in [2.24, 2.45) is 17.5 Å². The van der Waals surface area contributed by atoms with E-state index in [4.69, 9.17) is 16.3 Å². The number of hydrogen-bond acceptors (Lipinski definition) is 10. The van der Waals surface area contributed by atoms with Crippen molar-refractivity contribution in [1.82, 2.24) is 31.3 Å². The largest absolute Gasteiger partial charge is 0.460 e. The fraction of sp³-hybridized carbons (Fsp3) is 0.500. The molecule has 0 unspecified atom stereocenters. The summed E-state index contributed by atoms with van der Waals surface area (Å²) in [7, 11) is 0. The third-order valence-corrected chi connectivity index (χ3v) is 9.49. The molecule has 282 valence electrons. The molecule has 9 N–H and O–H groups in total. The van der Waals surface area contributed by atoms with Gasteiger partial charge in [-0.05, 0) is 75.4 Å². The number of fused-ring (bicyclic) bond motifs is 1. The summed E-state index contributed by atoms with van der Waals surface area (Å²) in [4.78, 5) is 85.5. The highest BCUT2D eigenvalue weighted by Gasteiger charge is 2.41. The highest BCUT2D eigenvalue weighted by Crippen LogP contribution is 2.25. The number of ether oxygens (including phenoxy) is 1. The van der Waals surface area contributed by atoms with Gasteiger partial charge in [0.15, 0.2) is 0 Å². The minimum Gasteiger partial charge on any atom is -0.460 e. The van der Waals surface area contributed by atoms with E-state index in [-0.39, 0.29) is 25.3 Å². The quantitative estimate of drug-likeness (QED) is 0.0520. The Morgan fingerprint density at radius 1 is 0.981 bits per heavy atom. The molecular weight excluding hydrogens is 689 g/mol. The smallest absolute Gasteiger partial charge is 0.308 e. The van der Waals surface area contributed by atoms with Crippen LogP contribution in [0.2, 0.25) is 0 Å². The van der Waals surface area contributed by atoms with Crippen LogP contribution in [0.3, 0.4) is 0 Å². The number of likely N-dealkylation sites (tertiary alicyclic amines) is 1. The molecule has 0 saturated carbocycles. The normalized spacial score (nSPS) is 16.8. The van der Waals surface area contributed by atoms with Gasteiger partial charge >= 0.3 is 5.97 Å². The van der Waals surface area contributed by atoms with E-state index in [0.717, 1.165) is 16.5 Å². The molecular formula is C36H50N8O7S. The molecule has 52 heavy (non-hydrogen) atoms. The summed E-state index contributed by atoms with van der Waals surface area (Å²) in [5.74, 6) is 1.56. The van der Waals surface area contributed by atoms with Crippen LogP contribution in [-0.2, 0) is 39.9 Å². The zero-order valence-electron chi connectivity index (χ0n) is 30.2. The molecule has 3 aromatic rings. The first-order chi connectivity index (χ1) is 24.6. The summed E-state index contributed by atoms with van der Waals surface area (Å²) >= 11 is 1.24. The highest BCUT2D eigenvalue weighted by atomic mass is 32.1. The number of carbonyl (C=O) groups is 6. The first-order valence-corrected chi connectivity index (χ1v) is 18.2. The molecule has 0 bridgehead atoms. The lowest BCUT2D eigenvalue weighted by molar-refractivity contribution is -0.157. The average Bonchev–Trinajstić information content (AvgIpc) is 3.87. The van der Waals surface area contributed by atoms with E-state index in [2.05, 4.69) is 26.4 Å². The van der Waals surface area contributed by atoms with E-state index >= 15 is 0 Å². The topological polar surface area (TPSA) is 231 Å². The molecule has 5 amide bonds. The lowest BCUT2D eigenvalue weighted by Crippen LogP contribution is -2.57. The van der Waals surface area contributed by atoms with Gasteiger partial charge in [-0.15, -0.1) is 11.3 Å². The maximum Gasteiger partial charge on any atom is 0.308 e. The standard InChI is InChI=1S/C36H50N8O7S/c1-20(2)16-25(32(47)43-38)40-34(49)30(28-13-9-15-52-28)42-33(48)27-12-8-14-44(27)35(50)26(18-29(45)51-36(3,4)5)41-31(46)23(37)17-21-19-39-24-11-7-6-10-22(21)24/h6-7,9-11,13,15,19-20,23,25-27,30,39H,8,12,14,16-18,37-38H2,1-5H3,(H,40,49)(H,41,46)(H,42,48)(H,43,47)/t23-,25+,26-,27+,30-/m1/s1. The Kier molecular flexibility index (Phi) is 13.5. The van der Waals surface area contributed by atoms with E-state index in [1.54, 1.807) is 44.5 Å². The first kappa shape index (κ1) is 40.0. The van der Waals surface area contributed by atoms with E-state index in [1.807, 2.05) is 38.1 Å². The molecule has 0 aliphatic carbocycles. The number of aromatic amines is 1. The molecule has 5 atom stereocenters. The summed E-state index contributed by atoms with van der Waals surface area (Å²) < 4.78 is 5.48. The summed E-state index contributed by atoms with van der Waals surface area (Å²) in [5, 5.41) is 10.8. The number of nitrogens with zero attached hydrogens (tertiary/aromatic N) is 1. The van der Waals surface area contributed by atoms with Gasteiger partial charge in [0.1, 0.15) is 29.8 Å². The lowest BCUT2D eigenvalue weighted by atomic mass is 10.0. The summed E-state index contributed by atoms with van der Waals surface area (Å²) in [6.45, 7) is 9.01. The van der Waals surface area contributed by atoms with Crippen LogP contribution in [0.5, 0.6) is 0 Å². The maximum atomic E-state index is 14.2. The molecule has 1 aliphatic rings. The number of thiophene rings is 1. The summed E-state index contributed by atoms with van der Waals surface area (Å²) in [5.41, 5.74) is 9.24. The zero-order valence-corrected chi connectivity index (χ0v) is 31.0. The van der Waals surface area contributed by atoms with Crippen molar-refractivity contribution in [3.63, 3.8) is 0 Å². The van der Waals surface area contributed by atoms with Gasteiger partial charge in [0, 0.05) is 28.5 Å². The second-order valence-electron chi connectivity index (χ2n) is 14.4. The van der Waals surface area contributed by atoms with Crippen molar-refractivity contribution < 1.29 is 33.5 Å². The van der Waals surface area contributed by atoms with Gasteiger partial charge in [-0.25, -0.2) is 5.84 Å². The van der Waals surface area contributed by atoms with E-state index < -0.39 is 77.7 Å². The number of amides is 5. The summed E-state index contributed by atoms with van der Waals surface area (Å²) in [6.07, 6.45) is 2.48. The van der Waals surface area contributed by atoms with Crippen molar-refractivity contribution in [2.45, 2.75) is 103 Å². The van der Waals surface area contributed by atoms with Crippen molar-refractivity contribution in [1.29, 1.82) is 0 Å². The number of hydrogen-bond donors (Lipinski definition) is 7. The van der Waals surface area contributed by atoms with Gasteiger partial charge in [-0.3, -0.25) is 34.2 Å². The molecule has 1 aromatic carbocycles. The number of para-hydroxylation sites is 1. The second-order valence-corrected chi connectivity index (χ2v) is 15.3. The van der Waals surface area contributed by atoms with Crippen LogP contribution < -0.4 is 33.0 Å². The predicted octanol–water partition coefficient (Wildman–Crippen LogP) is 1.69. The predicted molar refractivity (Wildman–Crippen MR) is 196 cm³/mol. The van der Waals surface area contributed by atoms with Crippen molar-refractivity contribution in [2.75, 3.05) is 6.54 Å². The number of aromatic nitrogens is 1. The molecule has 4 rings (SSSR count). The Morgan fingerprint density at radius 2 is 1.69 bits per heavy atom. The number of nitrogens with two attached hydrogens (primary N) is 2. The number of rotatable bonds is 15. The Labute approximate surface area is 306 Å². The van der Waals surface area contributed by atoms with E-state index in [0.29, 0.717) is 17.7 Å². The van der Waals surface area contributed by atoms with Crippen LogP contribution in [0, 0.1) is 5.92 Å². The zero-order chi connectivity index (χ0) is 38.2. The third-order valence-electron chi connectivity index (χ3n) is 8.55. The number of esters is 1. The number of H-pyrrole nitrogens is 1. The molecule has 0 radical (unpaired) electrons. The molecule has 15 nitrogen and oxygen atoms in total. The SMILES string of the molecule is CC(C)C[C@H](NC(=O)[C@H](NC(=O)[C@@H]1CCCN1C(=O)[C@@H](CC(=O)OC(C)(C)C)NC(=O)[C@H](N)Cc1c[nH]c2ccccc12)c1cccs1)C(=O)NN. The van der Waals surface area contributed by atoms with Crippen molar-refractivity contribution in [3.8, 4) is 0 Å². The monoisotopic (exact) mass is 738 g/mol. The third kappa shape index (κ3) is 10.6. The molecule has 2 aromatic heterocycles. The Morgan fingerprint density at radius 3 is 2.35 bits per heavy atom. The summed E-state index contributed by atoms with van der Waals surface area (Å²) in [6, 6.07) is 5.41. The van der Waals surface area contributed by atoms with Crippen molar-refractivity contribution in [3.05, 3.63) is 58.4 Å². The Balaban J connectivity index is 1.52. The van der Waals surface area contributed by atoms with Gasteiger partial charge in [-0.2, -0.15) is 0 Å². The van der Waals surface area contributed by atoms with Crippen LogP contribution >= 0.6 is 11.3 Å². The number of carbonyl (C=O) groups excluding carboxylic acids is 6. The van der Waals surface area contributed by atoms with Crippen LogP contribution in [0.4, 0.5) is 0 Å². The molecule has 3 heterocycles. The van der Waals surface area contributed by atoms with Crippen LogP contribution in [0.15, 0.2) is 48.0 Å². The Bertz CT molecular complexity index is 1740. The average molecular weight is 739 g/mol. The van der Waals surface area contributed by atoms with Gasteiger partial charge in [0.05, 0.1) is 12.5 Å².